The second-order valence-electron chi connectivity index (χ2n) is 7.17. The molecule has 1 aliphatic heterocycles. The molecule has 0 amide bonds. The fourth-order valence-electron chi connectivity index (χ4n) is 3.16. The first-order valence-electron chi connectivity index (χ1n) is 9.46. The first kappa shape index (κ1) is 26.7. The lowest BCUT2D eigenvalue weighted by atomic mass is 10.1. The van der Waals surface area contributed by atoms with Gasteiger partial charge in [-0.05, 0) is 12.2 Å². The van der Waals surface area contributed by atoms with E-state index in [1.807, 2.05) is 0 Å². The Kier molecular flexibility index (Phi) is 8.18. The van der Waals surface area contributed by atoms with Gasteiger partial charge in [-0.1, -0.05) is 30.3 Å². The third-order valence-electron chi connectivity index (χ3n) is 4.71. The summed E-state index contributed by atoms with van der Waals surface area (Å²) < 4.78 is 36.7. The fourth-order valence-corrected chi connectivity index (χ4v) is 5.01. The third kappa shape index (κ3) is 6.62. The van der Waals surface area contributed by atoms with E-state index >= 15 is 0 Å². The summed E-state index contributed by atoms with van der Waals surface area (Å²) in [5.74, 6) is -0.363. The maximum Gasteiger partial charge on any atom is 0.481 e. The van der Waals surface area contributed by atoms with Crippen LogP contribution in [0.5, 0.6) is 0 Å². The SMILES string of the molecule is O=C(Cc1cn([C@@H]2O[C@H](COP(=O)(O)OP(=O)(O)O)[C@@H](O)[C@H]2O)c(=S)[nH]c1=O)c1ccccc1. The van der Waals surface area contributed by atoms with Crippen LogP contribution < -0.4 is 5.56 Å². The maximum absolute atomic E-state index is 12.5. The van der Waals surface area contributed by atoms with Crippen molar-refractivity contribution in [3.63, 3.8) is 0 Å². The van der Waals surface area contributed by atoms with Crippen LogP contribution in [0, 0.1) is 4.77 Å². The zero-order valence-corrected chi connectivity index (χ0v) is 19.6. The summed E-state index contributed by atoms with van der Waals surface area (Å²) >= 11 is 5.08. The van der Waals surface area contributed by atoms with Crippen molar-refractivity contribution in [1.82, 2.24) is 9.55 Å². The van der Waals surface area contributed by atoms with Crippen LogP contribution in [0.15, 0.2) is 41.3 Å². The number of aromatic nitrogens is 2. The number of hydrogen-bond acceptors (Lipinski definition) is 10. The Bertz CT molecular complexity index is 1260. The number of Topliss-reactive ketones (excluding diaryl/α,β-unsaturated/α-hetero) is 1. The summed E-state index contributed by atoms with van der Waals surface area (Å²) in [4.78, 5) is 53.8. The molecule has 5 atom stereocenters. The van der Waals surface area contributed by atoms with Crippen LogP contribution in [0.3, 0.4) is 0 Å². The molecule has 0 spiro atoms. The molecule has 1 aliphatic rings. The van der Waals surface area contributed by atoms with E-state index in [1.165, 1.54) is 6.20 Å². The van der Waals surface area contributed by atoms with Gasteiger partial charge >= 0.3 is 15.6 Å². The number of carbonyl (C=O) groups is 1. The van der Waals surface area contributed by atoms with Crippen LogP contribution in [0.4, 0.5) is 0 Å². The highest BCUT2D eigenvalue weighted by Crippen LogP contribution is 2.57. The largest absolute Gasteiger partial charge is 0.481 e. The molecule has 1 fully saturated rings. The third-order valence-corrected chi connectivity index (χ3v) is 7.18. The molecule has 0 radical (unpaired) electrons. The number of ether oxygens (including phenoxy) is 1. The number of nitrogens with one attached hydrogen (secondary N) is 1. The van der Waals surface area contributed by atoms with E-state index in [0.29, 0.717) is 5.56 Å². The van der Waals surface area contributed by atoms with Gasteiger partial charge in [-0.3, -0.25) is 23.7 Å². The predicted octanol–water partition coefficient (Wildman–Crippen LogP) is 0.177. The summed E-state index contributed by atoms with van der Waals surface area (Å²) in [6.07, 6.45) is -5.34. The number of H-pyrrole nitrogens is 1. The molecule has 0 bridgehead atoms. The van der Waals surface area contributed by atoms with Crippen molar-refractivity contribution in [2.24, 2.45) is 0 Å². The number of rotatable bonds is 9. The molecule has 34 heavy (non-hydrogen) atoms. The highest BCUT2D eigenvalue weighted by Gasteiger charge is 2.45. The number of nitrogens with zero attached hydrogens (tertiary/aromatic N) is 1. The second-order valence-corrected chi connectivity index (χ2v) is 10.4. The average molecular weight is 538 g/mol. The number of phosphoric ester groups is 1. The highest BCUT2D eigenvalue weighted by molar-refractivity contribution is 7.71. The van der Waals surface area contributed by atoms with Crippen LogP contribution in [-0.2, 0) is 29.1 Å². The lowest BCUT2D eigenvalue weighted by Crippen LogP contribution is -2.34. The van der Waals surface area contributed by atoms with Gasteiger partial charge in [0.2, 0.25) is 0 Å². The molecule has 1 saturated heterocycles. The molecule has 2 aromatic rings. The topological polar surface area (TPSA) is 218 Å². The number of aliphatic hydroxyl groups is 2. The van der Waals surface area contributed by atoms with Gasteiger partial charge in [0.05, 0.1) is 6.61 Å². The molecule has 0 aliphatic carbocycles. The average Bonchev–Trinajstić information content (AvgIpc) is 3.01. The maximum atomic E-state index is 12.5. The minimum absolute atomic E-state index is 0.0117. The first-order valence-corrected chi connectivity index (χ1v) is 12.9. The van der Waals surface area contributed by atoms with Crippen molar-refractivity contribution in [3.05, 3.63) is 62.8 Å². The monoisotopic (exact) mass is 538 g/mol. The van der Waals surface area contributed by atoms with Crippen molar-refractivity contribution in [1.29, 1.82) is 0 Å². The smallest absolute Gasteiger partial charge is 0.387 e. The van der Waals surface area contributed by atoms with Crippen LogP contribution in [0.25, 0.3) is 0 Å². The zero-order valence-electron chi connectivity index (χ0n) is 17.0. The van der Waals surface area contributed by atoms with Gasteiger partial charge in [-0.2, -0.15) is 4.31 Å². The quantitative estimate of drug-likeness (QED) is 0.143. The van der Waals surface area contributed by atoms with Gasteiger partial charge in [0, 0.05) is 23.7 Å². The molecule has 6 N–H and O–H groups in total. The Labute approximate surface area is 196 Å². The molecule has 1 unspecified atom stereocenters. The molecule has 14 nitrogen and oxygen atoms in total. The number of aromatic amines is 1. The number of benzene rings is 1. The van der Waals surface area contributed by atoms with E-state index in [9.17, 15) is 33.8 Å². The summed E-state index contributed by atoms with van der Waals surface area (Å²) in [6, 6.07) is 8.19. The van der Waals surface area contributed by atoms with Crippen LogP contribution >= 0.6 is 27.9 Å². The van der Waals surface area contributed by atoms with E-state index in [1.54, 1.807) is 30.3 Å². The van der Waals surface area contributed by atoms with E-state index in [-0.39, 0.29) is 22.5 Å². The summed E-state index contributed by atoms with van der Waals surface area (Å²) in [5, 5.41) is 20.6. The lowest BCUT2D eigenvalue weighted by Gasteiger charge is -2.19. The van der Waals surface area contributed by atoms with Gasteiger partial charge in [0.15, 0.2) is 16.8 Å². The first-order chi connectivity index (χ1) is 15.8. The minimum Gasteiger partial charge on any atom is -0.387 e. The number of ketones is 1. The van der Waals surface area contributed by atoms with Gasteiger partial charge in [0.25, 0.3) is 5.56 Å². The van der Waals surface area contributed by atoms with E-state index in [0.717, 1.165) is 4.57 Å². The van der Waals surface area contributed by atoms with Gasteiger partial charge < -0.3 is 29.6 Å². The van der Waals surface area contributed by atoms with Crippen molar-refractivity contribution in [3.8, 4) is 0 Å². The number of carbonyl (C=O) groups excluding carboxylic acids is 1. The molecular weight excluding hydrogens is 518 g/mol. The Morgan fingerprint density at radius 3 is 2.41 bits per heavy atom. The van der Waals surface area contributed by atoms with Gasteiger partial charge in [0.1, 0.15) is 18.3 Å². The van der Waals surface area contributed by atoms with E-state index < -0.39 is 52.4 Å². The van der Waals surface area contributed by atoms with E-state index in [2.05, 4.69) is 13.8 Å². The Morgan fingerprint density at radius 2 is 1.79 bits per heavy atom. The summed E-state index contributed by atoms with van der Waals surface area (Å²) in [5.41, 5.74) is -0.289. The molecule has 17 heteroatoms. The molecule has 2 heterocycles. The normalized spacial score (nSPS) is 24.6. The molecule has 1 aromatic heterocycles. The van der Waals surface area contributed by atoms with Crippen LogP contribution in [0.2, 0.25) is 0 Å². The summed E-state index contributed by atoms with van der Waals surface area (Å²) in [6.45, 7) is -0.904. The van der Waals surface area contributed by atoms with E-state index in [4.69, 9.17) is 26.7 Å². The summed E-state index contributed by atoms with van der Waals surface area (Å²) in [7, 11) is -10.6. The molecular formula is C17H20N2O12P2S. The zero-order chi connectivity index (χ0) is 25.3. The fraction of sp³-hybridized carbons (Fsp3) is 0.353. The molecule has 1 aromatic carbocycles. The predicted molar refractivity (Wildman–Crippen MR) is 115 cm³/mol. The lowest BCUT2D eigenvalue weighted by molar-refractivity contribution is -0.0534. The Morgan fingerprint density at radius 1 is 1.15 bits per heavy atom. The Hall–Kier alpha value is -1.87. The number of phosphoric acid groups is 2. The number of aliphatic hydroxyl groups excluding tert-OH is 2. The van der Waals surface area contributed by atoms with Crippen molar-refractivity contribution >= 4 is 33.6 Å². The number of hydrogen-bond donors (Lipinski definition) is 6. The van der Waals surface area contributed by atoms with Crippen molar-refractivity contribution in [2.75, 3.05) is 6.61 Å². The van der Waals surface area contributed by atoms with Crippen LogP contribution in [-0.4, -0.2) is 65.1 Å². The minimum atomic E-state index is -5.36. The van der Waals surface area contributed by atoms with Crippen LogP contribution in [0.1, 0.15) is 22.1 Å². The standard InChI is InChI=1S/C17H20N2O12P2S/c20-11(9-4-2-1-3-5-9)6-10-7-19(17(34)18-15(10)23)16-14(22)13(21)12(30-16)8-29-33(27,28)31-32(24,25)26/h1-5,7,12-14,16,21-22H,6,8H2,(H,27,28)(H,18,23,34)(H2,24,25,26)/t12-,13-,14-,16-/m1/s1. The van der Waals surface area contributed by atoms with Crippen molar-refractivity contribution in [2.45, 2.75) is 31.0 Å². The van der Waals surface area contributed by atoms with Gasteiger partial charge in [-0.25, -0.2) is 9.13 Å². The molecule has 0 saturated carbocycles. The molecule has 3 rings (SSSR count). The van der Waals surface area contributed by atoms with Gasteiger partial charge in [-0.15, -0.1) is 0 Å². The van der Waals surface area contributed by atoms with Crippen molar-refractivity contribution < 1.29 is 52.4 Å². The highest BCUT2D eigenvalue weighted by atomic mass is 32.1. The Balaban J connectivity index is 1.79. The molecule has 186 valence electrons. The second kappa shape index (κ2) is 10.4.